The Labute approximate surface area is 136 Å². The van der Waals surface area contributed by atoms with Crippen molar-refractivity contribution < 1.29 is 4.79 Å². The summed E-state index contributed by atoms with van der Waals surface area (Å²) in [6.07, 6.45) is 4.09. The van der Waals surface area contributed by atoms with E-state index in [1.165, 1.54) is 0 Å². The van der Waals surface area contributed by atoms with E-state index in [0.29, 0.717) is 0 Å². The van der Waals surface area contributed by atoms with Crippen LogP contribution in [-0.4, -0.2) is 24.9 Å². The molecule has 0 N–H and O–H groups in total. The normalized spacial score (nSPS) is 11.0. The number of rotatable bonds is 3. The van der Waals surface area contributed by atoms with Crippen molar-refractivity contribution in [3.05, 3.63) is 83.4 Å². The first-order valence-electron chi connectivity index (χ1n) is 7.63. The van der Waals surface area contributed by atoms with E-state index < -0.39 is 0 Å². The number of carbonyl (C=O) groups is 1. The minimum Gasteiger partial charge on any atom is -0.345 e. The van der Waals surface area contributed by atoms with Crippen molar-refractivity contribution in [3.8, 4) is 0 Å². The Morgan fingerprint density at radius 2 is 1.52 bits per heavy atom. The molecule has 0 bridgehead atoms. The monoisotopic (exact) mass is 301 g/mol. The maximum Gasteiger partial charge on any atom is 0.253 e. The molecule has 1 amide bonds. The number of hydrogen-bond donors (Lipinski definition) is 0. The first-order valence-corrected chi connectivity index (χ1v) is 7.63. The summed E-state index contributed by atoms with van der Waals surface area (Å²) in [6.45, 7) is 0. The van der Waals surface area contributed by atoms with Crippen LogP contribution in [0.3, 0.4) is 0 Å². The number of benzene rings is 3. The van der Waals surface area contributed by atoms with E-state index in [9.17, 15) is 4.79 Å². The van der Waals surface area contributed by atoms with Crippen LogP contribution in [0.2, 0.25) is 0 Å². The molecule has 0 aliphatic heterocycles. The molecule has 23 heavy (non-hydrogen) atoms. The predicted molar refractivity (Wildman–Crippen MR) is 97.3 cm³/mol. The smallest absolute Gasteiger partial charge is 0.253 e. The van der Waals surface area contributed by atoms with Gasteiger partial charge in [0, 0.05) is 19.7 Å². The van der Waals surface area contributed by atoms with Gasteiger partial charge in [0.1, 0.15) is 0 Å². The molecular formula is C21H19NO. The van der Waals surface area contributed by atoms with Crippen LogP contribution < -0.4 is 0 Å². The summed E-state index contributed by atoms with van der Waals surface area (Å²) in [4.78, 5) is 14.1. The van der Waals surface area contributed by atoms with E-state index in [4.69, 9.17) is 0 Å². The Morgan fingerprint density at radius 1 is 0.826 bits per heavy atom. The second-order valence-corrected chi connectivity index (χ2v) is 5.69. The molecule has 3 aromatic carbocycles. The van der Waals surface area contributed by atoms with Gasteiger partial charge in [-0.3, -0.25) is 4.79 Å². The zero-order valence-corrected chi connectivity index (χ0v) is 13.4. The van der Waals surface area contributed by atoms with Gasteiger partial charge < -0.3 is 4.90 Å². The van der Waals surface area contributed by atoms with Gasteiger partial charge in [-0.2, -0.15) is 0 Å². The van der Waals surface area contributed by atoms with Crippen molar-refractivity contribution in [2.45, 2.75) is 0 Å². The van der Waals surface area contributed by atoms with Crippen molar-refractivity contribution in [2.24, 2.45) is 0 Å². The van der Waals surface area contributed by atoms with Crippen LogP contribution in [0.5, 0.6) is 0 Å². The molecule has 3 rings (SSSR count). The molecule has 3 aromatic rings. The molecule has 0 aliphatic rings. The first kappa shape index (κ1) is 15.0. The molecule has 0 radical (unpaired) electrons. The highest BCUT2D eigenvalue weighted by Gasteiger charge is 2.14. The lowest BCUT2D eigenvalue weighted by atomic mass is 9.97. The average molecular weight is 301 g/mol. The summed E-state index contributed by atoms with van der Waals surface area (Å²) < 4.78 is 0. The zero-order chi connectivity index (χ0) is 16.2. The van der Waals surface area contributed by atoms with E-state index in [1.54, 1.807) is 19.0 Å². The van der Waals surface area contributed by atoms with E-state index >= 15 is 0 Å². The summed E-state index contributed by atoms with van der Waals surface area (Å²) in [5, 5.41) is 2.22. The van der Waals surface area contributed by atoms with Gasteiger partial charge in [0.05, 0.1) is 0 Å². The fourth-order valence-electron chi connectivity index (χ4n) is 2.65. The standard InChI is InChI=1S/C21H19NO/c1-22(2)21(23)20-15-13-17-10-6-7-11-18(17)19(20)14-12-16-8-4-3-5-9-16/h3-15H,1-2H3/b14-12+. The molecule has 0 aliphatic carbocycles. The molecule has 0 saturated heterocycles. The topological polar surface area (TPSA) is 20.3 Å². The highest BCUT2D eigenvalue weighted by Crippen LogP contribution is 2.25. The minimum absolute atomic E-state index is 0.0171. The molecule has 0 atom stereocenters. The molecule has 0 heterocycles. The van der Waals surface area contributed by atoms with Crippen LogP contribution in [0.15, 0.2) is 66.7 Å². The van der Waals surface area contributed by atoms with Gasteiger partial charge in [-0.1, -0.05) is 72.8 Å². The van der Waals surface area contributed by atoms with E-state index in [-0.39, 0.29) is 5.91 Å². The van der Waals surface area contributed by atoms with Gasteiger partial charge in [0.25, 0.3) is 5.91 Å². The van der Waals surface area contributed by atoms with Crippen LogP contribution in [0.4, 0.5) is 0 Å². The highest BCUT2D eigenvalue weighted by molar-refractivity contribution is 6.05. The lowest BCUT2D eigenvalue weighted by Gasteiger charge is -2.14. The highest BCUT2D eigenvalue weighted by atomic mass is 16.2. The summed E-state index contributed by atoms with van der Waals surface area (Å²) in [7, 11) is 3.56. The Balaban J connectivity index is 2.17. The lowest BCUT2D eigenvalue weighted by Crippen LogP contribution is -2.22. The Morgan fingerprint density at radius 3 is 2.26 bits per heavy atom. The first-order chi connectivity index (χ1) is 11.2. The molecule has 0 fully saturated rings. The molecule has 0 aromatic heterocycles. The zero-order valence-electron chi connectivity index (χ0n) is 13.4. The third-order valence-corrected chi connectivity index (χ3v) is 3.85. The average Bonchev–Trinajstić information content (AvgIpc) is 2.59. The molecule has 0 spiro atoms. The molecule has 2 nitrogen and oxygen atoms in total. The Hall–Kier alpha value is -2.87. The van der Waals surface area contributed by atoms with Crippen LogP contribution >= 0.6 is 0 Å². The van der Waals surface area contributed by atoms with Crippen molar-refractivity contribution in [2.75, 3.05) is 14.1 Å². The van der Waals surface area contributed by atoms with Crippen molar-refractivity contribution >= 4 is 28.8 Å². The number of carbonyl (C=O) groups excluding carboxylic acids is 1. The fourth-order valence-corrected chi connectivity index (χ4v) is 2.65. The van der Waals surface area contributed by atoms with Crippen LogP contribution in [0.25, 0.3) is 22.9 Å². The Kier molecular flexibility index (Phi) is 4.24. The van der Waals surface area contributed by atoms with E-state index in [0.717, 1.165) is 27.5 Å². The van der Waals surface area contributed by atoms with Crippen LogP contribution in [0.1, 0.15) is 21.5 Å². The second-order valence-electron chi connectivity index (χ2n) is 5.69. The minimum atomic E-state index is 0.0171. The number of nitrogens with zero attached hydrogens (tertiary/aromatic N) is 1. The Bertz CT molecular complexity index is 863. The number of hydrogen-bond acceptors (Lipinski definition) is 1. The van der Waals surface area contributed by atoms with E-state index in [1.807, 2.05) is 54.6 Å². The lowest BCUT2D eigenvalue weighted by molar-refractivity contribution is 0.0827. The van der Waals surface area contributed by atoms with Crippen LogP contribution in [-0.2, 0) is 0 Å². The maximum atomic E-state index is 12.5. The van der Waals surface area contributed by atoms with Gasteiger partial charge in [0.2, 0.25) is 0 Å². The van der Waals surface area contributed by atoms with E-state index in [2.05, 4.69) is 24.3 Å². The summed E-state index contributed by atoms with van der Waals surface area (Å²) in [6, 6.07) is 22.2. The molecule has 0 unspecified atom stereocenters. The second kappa shape index (κ2) is 6.49. The van der Waals surface area contributed by atoms with Gasteiger partial charge in [-0.05, 0) is 28.0 Å². The maximum absolute atomic E-state index is 12.5. The van der Waals surface area contributed by atoms with Crippen LogP contribution in [0, 0.1) is 0 Å². The summed E-state index contributed by atoms with van der Waals surface area (Å²) in [5.74, 6) is 0.0171. The predicted octanol–water partition coefficient (Wildman–Crippen LogP) is 4.71. The van der Waals surface area contributed by atoms with Gasteiger partial charge >= 0.3 is 0 Å². The SMILES string of the molecule is CN(C)C(=O)c1ccc2ccccc2c1/C=C/c1ccccc1. The fraction of sp³-hybridized carbons (Fsp3) is 0.0952. The molecular weight excluding hydrogens is 282 g/mol. The summed E-state index contributed by atoms with van der Waals surface area (Å²) >= 11 is 0. The third-order valence-electron chi connectivity index (χ3n) is 3.85. The number of fused-ring (bicyclic) bond motifs is 1. The third kappa shape index (κ3) is 3.16. The largest absolute Gasteiger partial charge is 0.345 e. The molecule has 114 valence electrons. The summed E-state index contributed by atoms with van der Waals surface area (Å²) in [5.41, 5.74) is 2.80. The molecule has 0 saturated carbocycles. The van der Waals surface area contributed by atoms with Gasteiger partial charge in [-0.25, -0.2) is 0 Å². The quantitative estimate of drug-likeness (QED) is 0.641. The van der Waals surface area contributed by atoms with Crippen molar-refractivity contribution in [1.29, 1.82) is 0 Å². The van der Waals surface area contributed by atoms with Crippen molar-refractivity contribution in [1.82, 2.24) is 4.90 Å². The van der Waals surface area contributed by atoms with Gasteiger partial charge in [0.15, 0.2) is 0 Å². The van der Waals surface area contributed by atoms with Crippen molar-refractivity contribution in [3.63, 3.8) is 0 Å². The molecule has 2 heteroatoms. The van der Waals surface area contributed by atoms with Gasteiger partial charge in [-0.15, -0.1) is 0 Å². The number of amides is 1.